The van der Waals surface area contributed by atoms with Gasteiger partial charge in [-0.1, -0.05) is 237 Å². The van der Waals surface area contributed by atoms with Crippen molar-refractivity contribution in [3.05, 3.63) is 315 Å². The number of fused-ring (bicyclic) bond motifs is 28. The lowest BCUT2D eigenvalue weighted by molar-refractivity contribution is 1.38. The van der Waals surface area contributed by atoms with Gasteiger partial charge in [0.05, 0.1) is 33.1 Å². The van der Waals surface area contributed by atoms with Crippen molar-refractivity contribution in [2.75, 3.05) is 0 Å². The molecule has 0 radical (unpaired) electrons. The Bertz CT molecular complexity index is 8240. The molecule has 0 bridgehead atoms. The molecule has 0 aliphatic heterocycles. The van der Waals surface area contributed by atoms with Gasteiger partial charge in [0, 0.05) is 157 Å². The van der Waals surface area contributed by atoms with E-state index in [2.05, 4.69) is 324 Å². The van der Waals surface area contributed by atoms with Gasteiger partial charge in [-0.25, -0.2) is 0 Å². The number of benzene rings is 18. The molecule has 2 nitrogen and oxygen atoms in total. The van der Waals surface area contributed by atoms with E-state index < -0.39 is 0 Å². The average molecular weight is 1410 g/mol. The summed E-state index contributed by atoms with van der Waals surface area (Å²) in [5.74, 6) is 0. The number of para-hydroxylation sites is 1. The van der Waals surface area contributed by atoms with Gasteiger partial charge < -0.3 is 8.80 Å². The minimum absolute atomic E-state index is 1.18. The molecule has 18 aromatic carbocycles. The molecule has 106 heavy (non-hydrogen) atoms. The topological polar surface area (TPSA) is 8.82 Å². The van der Waals surface area contributed by atoms with Crippen LogP contribution in [0.1, 0.15) is 0 Å². The average Bonchev–Trinajstić information content (AvgIpc) is 1.50. The normalized spacial score (nSPS) is 12.7. The molecule has 0 spiro atoms. The maximum Gasteiger partial charge on any atom is 0.0621 e. The van der Waals surface area contributed by atoms with Gasteiger partial charge in [-0.15, -0.1) is 45.3 Å². The molecular formula is C100H52N2S4. The fourth-order valence-corrected chi connectivity index (χ4v) is 24.4. The van der Waals surface area contributed by atoms with Crippen molar-refractivity contribution in [1.29, 1.82) is 0 Å². The van der Waals surface area contributed by atoms with E-state index in [1.54, 1.807) is 0 Å². The van der Waals surface area contributed by atoms with Crippen molar-refractivity contribution < 1.29 is 0 Å². The number of hydrogen-bond donors (Lipinski definition) is 0. The molecule has 0 N–H and O–H groups in total. The number of thiophene rings is 4. The summed E-state index contributed by atoms with van der Waals surface area (Å²) in [5.41, 5.74) is 20.0. The fraction of sp³-hybridized carbons (Fsp3) is 0. The smallest absolute Gasteiger partial charge is 0.0621 e. The Morgan fingerprint density at radius 3 is 0.972 bits per heavy atom. The quantitative estimate of drug-likeness (QED) is 0.162. The first kappa shape index (κ1) is 57.0. The van der Waals surface area contributed by atoms with Crippen LogP contribution in [-0.2, 0) is 0 Å². The molecule has 8 heterocycles. The Morgan fingerprint density at radius 1 is 0.179 bits per heavy atom. The van der Waals surface area contributed by atoms with Crippen LogP contribution in [0.3, 0.4) is 0 Å². The fourth-order valence-electron chi connectivity index (χ4n) is 19.7. The van der Waals surface area contributed by atoms with Gasteiger partial charge >= 0.3 is 0 Å². The Morgan fingerprint density at radius 2 is 0.500 bits per heavy atom. The van der Waals surface area contributed by atoms with E-state index >= 15 is 0 Å². The van der Waals surface area contributed by atoms with Crippen LogP contribution in [0.25, 0.3) is 256 Å². The molecule has 0 saturated carbocycles. The summed E-state index contributed by atoms with van der Waals surface area (Å²) < 4.78 is 15.8. The van der Waals surface area contributed by atoms with E-state index in [0.717, 1.165) is 0 Å². The Labute approximate surface area is 620 Å². The molecule has 0 atom stereocenters. The lowest BCUT2D eigenvalue weighted by atomic mass is 9.87. The van der Waals surface area contributed by atoms with Crippen LogP contribution in [0.15, 0.2) is 315 Å². The molecule has 0 unspecified atom stereocenters. The predicted octanol–water partition coefficient (Wildman–Crippen LogP) is 30.4. The summed E-state index contributed by atoms with van der Waals surface area (Å²) in [6.45, 7) is 0. The molecule has 0 amide bonds. The standard InChI is InChI=1S/C100H52N2S4/c1-4-23-59-54(20-1)50-78-95(89(59)69-32-18-42-85-87(69)67-28-9-13-40-83(67)103-85)75-47-57(48-76-96-79(102(78)98(75)76)51-55-21-2-5-24-60(55)90(96)70-33-19-43-86-88(70)68-29-10-14-41-84(68)104-86)53-44-45-62-58(46-53)52-80-94(92(62)74-37-16-31-66-64-27-8-12-39-82(64)106-100(66)74)72-35-17-34-71-93-77(101(80)97(71)72)49-56-22-3-6-25-61(56)91(93)73-36-15-30-65-63-26-7-11-38-81(63)105-99(65)73/h1-52H. The molecule has 8 aromatic heterocycles. The van der Waals surface area contributed by atoms with E-state index in [9.17, 15) is 0 Å². The zero-order chi connectivity index (χ0) is 68.5. The summed E-state index contributed by atoms with van der Waals surface area (Å²) >= 11 is 7.64. The molecule has 26 rings (SSSR count). The van der Waals surface area contributed by atoms with Gasteiger partial charge in [0.15, 0.2) is 0 Å². The molecular weight excluding hydrogens is 1360 g/mol. The summed E-state index contributed by atoms with van der Waals surface area (Å²) in [6.07, 6.45) is 0. The van der Waals surface area contributed by atoms with Crippen LogP contribution in [-0.4, -0.2) is 8.80 Å². The van der Waals surface area contributed by atoms with E-state index in [1.807, 2.05) is 45.3 Å². The highest BCUT2D eigenvalue weighted by Crippen LogP contribution is 2.57. The molecule has 0 aliphatic rings. The van der Waals surface area contributed by atoms with Crippen molar-refractivity contribution in [3.8, 4) is 55.6 Å². The van der Waals surface area contributed by atoms with E-state index in [1.165, 1.54) is 256 Å². The van der Waals surface area contributed by atoms with Crippen LogP contribution in [0, 0.1) is 0 Å². The van der Waals surface area contributed by atoms with Crippen molar-refractivity contribution >= 4 is 245 Å². The van der Waals surface area contributed by atoms with Crippen LogP contribution < -0.4 is 0 Å². The summed E-state index contributed by atoms with van der Waals surface area (Å²) in [7, 11) is 0. The minimum Gasteiger partial charge on any atom is -0.308 e. The molecule has 0 fully saturated rings. The molecule has 6 heteroatoms. The first-order valence-electron chi connectivity index (χ1n) is 36.4. The predicted molar refractivity (Wildman–Crippen MR) is 465 cm³/mol. The van der Waals surface area contributed by atoms with Gasteiger partial charge in [-0.05, 0) is 144 Å². The third-order valence-electron chi connectivity index (χ3n) is 23.9. The molecule has 0 saturated heterocycles. The number of rotatable bonds is 5. The molecule has 0 aliphatic carbocycles. The van der Waals surface area contributed by atoms with Gasteiger partial charge in [-0.3, -0.25) is 0 Å². The third kappa shape index (κ3) is 7.34. The largest absolute Gasteiger partial charge is 0.308 e. The number of nitrogens with zero attached hydrogens (tertiary/aromatic N) is 2. The zero-order valence-electron chi connectivity index (χ0n) is 56.5. The first-order chi connectivity index (χ1) is 52.6. The highest BCUT2D eigenvalue weighted by molar-refractivity contribution is 7.27. The van der Waals surface area contributed by atoms with Gasteiger partial charge in [-0.2, -0.15) is 0 Å². The van der Waals surface area contributed by atoms with Crippen LogP contribution in [0.5, 0.6) is 0 Å². The van der Waals surface area contributed by atoms with E-state index in [0.29, 0.717) is 0 Å². The van der Waals surface area contributed by atoms with Gasteiger partial charge in [0.2, 0.25) is 0 Å². The van der Waals surface area contributed by atoms with Gasteiger partial charge in [0.1, 0.15) is 0 Å². The zero-order valence-corrected chi connectivity index (χ0v) is 59.8. The van der Waals surface area contributed by atoms with Crippen LogP contribution >= 0.6 is 45.3 Å². The second kappa shape index (κ2) is 20.7. The maximum absolute atomic E-state index is 2.67. The van der Waals surface area contributed by atoms with Crippen LogP contribution in [0.4, 0.5) is 0 Å². The minimum atomic E-state index is 1.18. The van der Waals surface area contributed by atoms with E-state index in [4.69, 9.17) is 0 Å². The SMILES string of the molecule is c1ccc2c(-c3cccc4c3sc3ccccc34)c3c4cccc5c6c(-c7cccc8c7sc7ccccc78)c7ccc(-c8cc9c%10c(-c%11cccc%12sc%13ccccc%13c%11%12)c%11ccccc%11cc%10n%10c%11cc%12ccccc%12c(-c%12cccc%13sc%14ccccc%14c%12%13)c%11c(c8)c9%10)cc7cc6n(c3cc2c1)c45. The van der Waals surface area contributed by atoms with Crippen molar-refractivity contribution in [3.63, 3.8) is 0 Å². The highest BCUT2D eigenvalue weighted by atomic mass is 32.1. The third-order valence-corrected chi connectivity index (χ3v) is 28.6. The Balaban J connectivity index is 0.823. The number of hydrogen-bond acceptors (Lipinski definition) is 4. The second-order valence-corrected chi connectivity index (χ2v) is 33.4. The van der Waals surface area contributed by atoms with Crippen molar-refractivity contribution in [1.82, 2.24) is 8.80 Å². The summed E-state index contributed by atoms with van der Waals surface area (Å²) in [6, 6.07) is 121. The van der Waals surface area contributed by atoms with Crippen molar-refractivity contribution in [2.45, 2.75) is 0 Å². The summed E-state index contributed by atoms with van der Waals surface area (Å²) in [4.78, 5) is 0. The Kier molecular flexibility index (Phi) is 11.1. The number of aromatic nitrogens is 2. The van der Waals surface area contributed by atoms with Crippen LogP contribution in [0.2, 0.25) is 0 Å². The maximum atomic E-state index is 2.67. The van der Waals surface area contributed by atoms with Gasteiger partial charge in [0.25, 0.3) is 0 Å². The highest BCUT2D eigenvalue weighted by Gasteiger charge is 2.31. The Hall–Kier alpha value is -12.5. The molecule has 26 aromatic rings. The lowest BCUT2D eigenvalue weighted by Crippen LogP contribution is -1.90. The monoisotopic (exact) mass is 1410 g/mol. The van der Waals surface area contributed by atoms with Crippen molar-refractivity contribution in [2.24, 2.45) is 0 Å². The first-order valence-corrected chi connectivity index (χ1v) is 39.7. The van der Waals surface area contributed by atoms with E-state index in [-0.39, 0.29) is 0 Å². The summed E-state index contributed by atoms with van der Waals surface area (Å²) in [5, 5.41) is 30.5. The lowest BCUT2D eigenvalue weighted by Gasteiger charge is -2.16. The second-order valence-electron chi connectivity index (χ2n) is 29.1. The molecule has 486 valence electrons.